The summed E-state index contributed by atoms with van der Waals surface area (Å²) in [5, 5.41) is 118. The van der Waals surface area contributed by atoms with E-state index >= 15 is 0 Å². The van der Waals surface area contributed by atoms with Crippen LogP contribution in [0.4, 0.5) is 26.3 Å². The Morgan fingerprint density at radius 1 is 0.206 bits per heavy atom. The number of hydrogen-bond donors (Lipinski definition) is 12. The molecule has 0 saturated heterocycles. The molecule has 12 nitrogen and oxygen atoms in total. The minimum absolute atomic E-state index is 0.110. The average molecular weight is 1870 g/mol. The van der Waals surface area contributed by atoms with Crippen molar-refractivity contribution in [3.05, 3.63) is 355 Å². The van der Waals surface area contributed by atoms with Crippen LogP contribution in [0.1, 0.15) is 314 Å². The molecule has 136 heavy (non-hydrogen) atoms. The summed E-state index contributed by atoms with van der Waals surface area (Å²) in [7, 11) is 0. The predicted molar refractivity (Wildman–Crippen MR) is 541 cm³/mol. The Morgan fingerprint density at radius 3 is 0.566 bits per heavy atom. The summed E-state index contributed by atoms with van der Waals surface area (Å²) >= 11 is 0. The molecule has 12 aromatic carbocycles. The highest BCUT2D eigenvalue weighted by Gasteiger charge is 2.72. The fourth-order valence-corrected chi connectivity index (χ4v) is 17.1. The molecule has 12 N–H and O–H groups in total. The van der Waals surface area contributed by atoms with Gasteiger partial charge in [0, 0.05) is 27.1 Å². The van der Waals surface area contributed by atoms with Crippen LogP contribution < -0.4 is 0 Å². The van der Waals surface area contributed by atoms with Crippen LogP contribution in [0.5, 0.6) is 69.0 Å². The monoisotopic (exact) mass is 1870 g/mol. The molecular formula is C118H146F6O12. The van der Waals surface area contributed by atoms with Crippen molar-refractivity contribution in [3.8, 4) is 69.0 Å². The number of phenolic OH excluding ortho intramolecular Hbond substituents is 12. The summed E-state index contributed by atoms with van der Waals surface area (Å²) in [6, 6.07) is 69.8. The number of benzene rings is 12. The van der Waals surface area contributed by atoms with Crippen LogP contribution in [0.25, 0.3) is 0 Å². The maximum atomic E-state index is 13.6. The Kier molecular flexibility index (Phi) is 34.1. The molecule has 0 bridgehead atoms. The molecule has 0 atom stereocenters. The fraction of sp³-hybridized carbons (Fsp3) is 0.390. The van der Waals surface area contributed by atoms with Crippen molar-refractivity contribution in [2.24, 2.45) is 5.92 Å². The molecule has 0 aromatic heterocycles. The molecule has 0 saturated carbocycles. The number of phenols is 12. The van der Waals surface area contributed by atoms with Crippen molar-refractivity contribution in [1.29, 1.82) is 0 Å². The number of rotatable bonds is 15. The van der Waals surface area contributed by atoms with Gasteiger partial charge in [0.1, 0.15) is 69.0 Å². The number of halogens is 6. The van der Waals surface area contributed by atoms with E-state index in [9.17, 15) is 77.4 Å². The van der Waals surface area contributed by atoms with Crippen LogP contribution in [0.2, 0.25) is 0 Å². The average Bonchev–Trinajstić information content (AvgIpc) is 0.713. The number of alkyl halides is 6. The van der Waals surface area contributed by atoms with E-state index in [0.29, 0.717) is 53.2 Å². The van der Waals surface area contributed by atoms with E-state index in [1.807, 2.05) is 84.9 Å². The molecule has 0 amide bonds. The second-order valence-electron chi connectivity index (χ2n) is 44.4. The molecule has 0 aliphatic carbocycles. The first-order valence-corrected chi connectivity index (χ1v) is 46.2. The van der Waals surface area contributed by atoms with E-state index in [1.165, 1.54) is 22.3 Å². The highest BCUT2D eigenvalue weighted by molar-refractivity contribution is 5.59. The van der Waals surface area contributed by atoms with Crippen LogP contribution in [-0.2, 0) is 65.0 Å². The van der Waals surface area contributed by atoms with Gasteiger partial charge >= 0.3 is 12.4 Å². The van der Waals surface area contributed by atoms with E-state index in [2.05, 4.69) is 237 Å². The minimum atomic E-state index is -5.70. The molecule has 0 heterocycles. The lowest BCUT2D eigenvalue weighted by Gasteiger charge is -2.38. The third kappa shape index (κ3) is 26.3. The molecule has 0 fully saturated rings. The first kappa shape index (κ1) is 111. The van der Waals surface area contributed by atoms with Crippen LogP contribution in [-0.4, -0.2) is 73.6 Å². The van der Waals surface area contributed by atoms with Crippen molar-refractivity contribution in [2.75, 3.05) is 0 Å². The van der Waals surface area contributed by atoms with E-state index in [0.717, 1.165) is 104 Å². The van der Waals surface area contributed by atoms with Gasteiger partial charge in [0.2, 0.25) is 5.41 Å². The summed E-state index contributed by atoms with van der Waals surface area (Å²) in [6.45, 7) is 62.5. The zero-order valence-electron chi connectivity index (χ0n) is 84.9. The molecular weight excluding hydrogens is 1720 g/mol. The second kappa shape index (κ2) is 41.8. The molecule has 18 heteroatoms. The summed E-state index contributed by atoms with van der Waals surface area (Å²) < 4.78 is 81.6. The summed E-state index contributed by atoms with van der Waals surface area (Å²) in [4.78, 5) is 0. The van der Waals surface area contributed by atoms with E-state index in [1.54, 1.807) is 84.9 Å². The van der Waals surface area contributed by atoms with Crippen LogP contribution >= 0.6 is 0 Å². The van der Waals surface area contributed by atoms with Crippen molar-refractivity contribution in [1.82, 2.24) is 0 Å². The van der Waals surface area contributed by atoms with Crippen molar-refractivity contribution >= 4 is 0 Å². The van der Waals surface area contributed by atoms with Gasteiger partial charge in [-0.3, -0.25) is 0 Å². The summed E-state index contributed by atoms with van der Waals surface area (Å²) in [5.41, 5.74) is 9.04. The maximum Gasteiger partial charge on any atom is 0.411 e. The first-order valence-electron chi connectivity index (χ1n) is 46.2. The molecule has 0 unspecified atom stereocenters. The largest absolute Gasteiger partial charge is 0.508 e. The van der Waals surface area contributed by atoms with Gasteiger partial charge in [0.15, 0.2) is 0 Å². The van der Waals surface area contributed by atoms with Gasteiger partial charge < -0.3 is 61.3 Å². The highest BCUT2D eigenvalue weighted by atomic mass is 19.4. The SMILES string of the molecule is CC(C)(C)c1cc(C(C)(C)c2cc(C(C)(C)C)c(O)c(C(C)(C)C)c2)cc(C(C)(C)C)c1O.CC(C)(C)c1cc(C(C)(C)c2ccc(O)c(C(C)(C)C)c2)ccc1O.CC(C)(c1ccc(O)cc1)c1ccc(O)cc1.CC(C)CC(C)(c1ccc(O)cc1)c1ccc(O)cc1.CCC(C)(c1ccc(O)cc1)c1ccc(O)cc1.Oc1ccc(C(c2ccc(O)cc2)(C(F)(F)F)C(F)(F)F)cc1. The molecule has 0 aliphatic rings. The van der Waals surface area contributed by atoms with Gasteiger partial charge in [0.05, 0.1) is 0 Å². The van der Waals surface area contributed by atoms with E-state index < -0.39 is 40.4 Å². The molecule has 0 aliphatic heterocycles. The maximum absolute atomic E-state index is 13.6. The second-order valence-corrected chi connectivity index (χ2v) is 44.4. The summed E-state index contributed by atoms with van der Waals surface area (Å²) in [5.74, 6) is 2.80. The third-order valence-electron chi connectivity index (χ3n) is 26.1. The Bertz CT molecular complexity index is 5510. The predicted octanol–water partition coefficient (Wildman–Crippen LogP) is 30.8. The molecule has 0 spiro atoms. The Hall–Kier alpha value is -12.2. The Balaban J connectivity index is 0.000000225. The third-order valence-corrected chi connectivity index (χ3v) is 26.1. The van der Waals surface area contributed by atoms with Gasteiger partial charge in [-0.05, 0) is 261 Å². The standard InChI is InChI=1S/C31H48O2.C23H32O2.C18H22O2.C16H18O2.C15H10F6O2.C15H16O2/c1-27(2,3)21-15-19(16-22(25(21)32)28(4,5)6)31(13,14)20-17-23(29(7,8)9)26(33)24(18-20)30(10,11)12;1-21(2,3)17-13-15(9-11-19(17)24)23(7,8)16-10-12-20(25)18(14-16)22(4,5)6;1-13(2)12-18(3,14-4-8-16(19)9-5-14)15-6-10-17(20)11-7-15;1-3-16(2,12-4-8-14(17)9-5-12)13-6-10-15(18)11-7-13;16-14(17,18)13(15(19,20)21,9-1-5-11(22)6-2-9)10-3-7-12(23)8-4-10;1-15(2,11-3-7-13(16)8-4-11)12-5-9-14(17)10-6-12/h15-18,32-33H,1-14H3;9-14,24-25H,1-8H3;4-11,13,19-20H,12H2,1-3H3;4-11,17-18H,3H2,1-2H3;1-8,22-23H;3-10,16-17H,1-2H3. The van der Waals surface area contributed by atoms with Crippen molar-refractivity contribution in [2.45, 2.75) is 291 Å². The van der Waals surface area contributed by atoms with E-state index in [-0.39, 0.29) is 94.1 Å². The smallest absolute Gasteiger partial charge is 0.411 e. The topological polar surface area (TPSA) is 243 Å². The van der Waals surface area contributed by atoms with Gasteiger partial charge in [0.25, 0.3) is 0 Å². The number of aromatic hydroxyl groups is 12. The molecule has 12 aromatic rings. The minimum Gasteiger partial charge on any atom is -0.508 e. The van der Waals surface area contributed by atoms with Crippen LogP contribution in [0, 0.1) is 5.92 Å². The lowest BCUT2D eigenvalue weighted by Crippen LogP contribution is -2.54. The normalized spacial score (nSPS) is 12.7. The first-order chi connectivity index (χ1) is 62.2. The fourth-order valence-electron chi connectivity index (χ4n) is 17.1. The quantitative estimate of drug-likeness (QED) is 0.0429. The van der Waals surface area contributed by atoms with E-state index in [4.69, 9.17) is 10.2 Å². The van der Waals surface area contributed by atoms with Crippen molar-refractivity contribution < 1.29 is 87.6 Å². The zero-order chi connectivity index (χ0) is 103. The highest BCUT2D eigenvalue weighted by Crippen LogP contribution is 2.57. The Labute approximate surface area is 803 Å². The van der Waals surface area contributed by atoms with Gasteiger partial charge in [-0.1, -0.05) is 346 Å². The molecule has 732 valence electrons. The van der Waals surface area contributed by atoms with Gasteiger partial charge in [-0.25, -0.2) is 0 Å². The zero-order valence-corrected chi connectivity index (χ0v) is 84.9. The molecule has 12 rings (SSSR count). The van der Waals surface area contributed by atoms with Crippen LogP contribution in [0.3, 0.4) is 0 Å². The van der Waals surface area contributed by atoms with Crippen molar-refractivity contribution in [3.63, 3.8) is 0 Å². The Morgan fingerprint density at radius 2 is 0.375 bits per heavy atom. The lowest BCUT2D eigenvalue weighted by atomic mass is 9.69. The molecule has 0 radical (unpaired) electrons. The van der Waals surface area contributed by atoms with Gasteiger partial charge in [-0.15, -0.1) is 0 Å². The van der Waals surface area contributed by atoms with Gasteiger partial charge in [-0.2, -0.15) is 26.3 Å². The number of hydrogen-bond acceptors (Lipinski definition) is 12. The van der Waals surface area contributed by atoms with Crippen LogP contribution in [0.15, 0.2) is 255 Å². The lowest BCUT2D eigenvalue weighted by molar-refractivity contribution is -0.288. The summed E-state index contributed by atoms with van der Waals surface area (Å²) in [6.07, 6.45) is -9.44.